The molecule has 0 N–H and O–H groups in total. The smallest absolute Gasteiger partial charge is 0.122 e. The summed E-state index contributed by atoms with van der Waals surface area (Å²) < 4.78 is 5.64. The van der Waals surface area contributed by atoms with Crippen LogP contribution in [0.5, 0.6) is 0 Å². The lowest BCUT2D eigenvalue weighted by molar-refractivity contribution is 0.112. The largest absolute Gasteiger partial charge is 0.371 e. The molecule has 0 spiro atoms. The van der Waals surface area contributed by atoms with Crippen LogP contribution in [0.1, 0.15) is 28.8 Å². The zero-order valence-corrected chi connectivity index (χ0v) is 10.7. The lowest BCUT2D eigenvalue weighted by Crippen LogP contribution is -1.94. The van der Waals surface area contributed by atoms with Crippen LogP contribution in [0.15, 0.2) is 17.5 Å². The molecule has 0 aromatic carbocycles. The van der Waals surface area contributed by atoms with Crippen LogP contribution in [0.2, 0.25) is 0 Å². The number of aromatic nitrogens is 1. The second-order valence-electron chi connectivity index (χ2n) is 3.98. The van der Waals surface area contributed by atoms with Crippen molar-refractivity contribution >= 4 is 22.7 Å². The lowest BCUT2D eigenvalue weighted by Gasteiger charge is -2.03. The number of aryl methyl sites for hydroxylation is 1. The van der Waals surface area contributed by atoms with Crippen LogP contribution in [0, 0.1) is 6.92 Å². The maximum absolute atomic E-state index is 5.64. The highest BCUT2D eigenvalue weighted by molar-refractivity contribution is 7.16. The van der Waals surface area contributed by atoms with Crippen molar-refractivity contribution in [3.63, 3.8) is 0 Å². The van der Waals surface area contributed by atoms with Gasteiger partial charge in [-0.25, -0.2) is 4.98 Å². The highest BCUT2D eigenvalue weighted by Gasteiger charge is 2.21. The van der Waals surface area contributed by atoms with Gasteiger partial charge in [-0.3, -0.25) is 0 Å². The molecule has 1 aliphatic heterocycles. The molecule has 3 rings (SSSR count). The van der Waals surface area contributed by atoms with E-state index in [1.54, 1.807) is 22.7 Å². The highest BCUT2D eigenvalue weighted by Crippen LogP contribution is 2.34. The van der Waals surface area contributed by atoms with Gasteiger partial charge in [0.05, 0.1) is 10.6 Å². The highest BCUT2D eigenvalue weighted by atomic mass is 32.1. The van der Waals surface area contributed by atoms with Gasteiger partial charge in [-0.1, -0.05) is 0 Å². The van der Waals surface area contributed by atoms with Crippen LogP contribution < -0.4 is 0 Å². The van der Waals surface area contributed by atoms with E-state index in [0.29, 0.717) is 0 Å². The molecular formula is C12H13NOS2. The molecule has 2 aromatic rings. The third kappa shape index (κ3) is 1.93. The van der Waals surface area contributed by atoms with Crippen molar-refractivity contribution < 1.29 is 4.74 Å². The summed E-state index contributed by atoms with van der Waals surface area (Å²) in [5.74, 6) is 0. The molecule has 0 bridgehead atoms. The quantitative estimate of drug-likeness (QED) is 0.804. The molecule has 0 amide bonds. The van der Waals surface area contributed by atoms with Gasteiger partial charge >= 0.3 is 0 Å². The maximum Gasteiger partial charge on any atom is 0.122 e. The minimum atomic E-state index is 0.250. The Morgan fingerprint density at radius 1 is 1.44 bits per heavy atom. The lowest BCUT2D eigenvalue weighted by atomic mass is 10.2. The number of ether oxygens (including phenoxy) is 1. The summed E-state index contributed by atoms with van der Waals surface area (Å²) in [6.07, 6.45) is 2.54. The molecule has 0 radical (unpaired) electrons. The van der Waals surface area contributed by atoms with Gasteiger partial charge in [0.1, 0.15) is 11.1 Å². The standard InChI is InChI=1S/C12H13NOS2/c1-8-4-5-11(16-8)9-7-15-12(13-9)10-3-2-6-14-10/h4-5,7,10H,2-3,6H2,1H3/t10-/m0/s1. The summed E-state index contributed by atoms with van der Waals surface area (Å²) in [6.45, 7) is 3.01. The van der Waals surface area contributed by atoms with E-state index in [4.69, 9.17) is 4.74 Å². The first-order chi connectivity index (χ1) is 7.83. The van der Waals surface area contributed by atoms with Gasteiger partial charge in [0.15, 0.2) is 0 Å². The molecule has 1 atom stereocenters. The van der Waals surface area contributed by atoms with Crippen LogP contribution in [0.25, 0.3) is 10.6 Å². The van der Waals surface area contributed by atoms with E-state index in [2.05, 4.69) is 29.4 Å². The first-order valence-corrected chi connectivity index (χ1v) is 7.16. The second-order valence-corrected chi connectivity index (χ2v) is 6.16. The molecule has 16 heavy (non-hydrogen) atoms. The zero-order valence-electron chi connectivity index (χ0n) is 9.10. The molecule has 2 nitrogen and oxygen atoms in total. The summed E-state index contributed by atoms with van der Waals surface area (Å²) in [4.78, 5) is 7.28. The van der Waals surface area contributed by atoms with Crippen LogP contribution in [-0.2, 0) is 4.74 Å². The number of rotatable bonds is 2. The van der Waals surface area contributed by atoms with E-state index in [0.717, 1.165) is 30.2 Å². The molecule has 0 saturated carbocycles. The molecule has 0 aliphatic carbocycles. The summed E-state index contributed by atoms with van der Waals surface area (Å²) in [5, 5.41) is 3.28. The number of hydrogen-bond donors (Lipinski definition) is 0. The molecular weight excluding hydrogens is 238 g/mol. The van der Waals surface area contributed by atoms with Gasteiger partial charge in [0.25, 0.3) is 0 Å². The Labute approximate surface area is 103 Å². The Kier molecular flexibility index (Phi) is 2.79. The van der Waals surface area contributed by atoms with Crippen LogP contribution >= 0.6 is 22.7 Å². The molecule has 3 heterocycles. The Bertz CT molecular complexity index is 483. The van der Waals surface area contributed by atoms with Gasteiger partial charge in [0.2, 0.25) is 0 Å². The van der Waals surface area contributed by atoms with Gasteiger partial charge in [-0.2, -0.15) is 0 Å². The fraction of sp³-hybridized carbons (Fsp3) is 0.417. The SMILES string of the molecule is Cc1ccc(-c2csc([C@@H]3CCCO3)n2)s1. The predicted octanol–water partition coefficient (Wildman–Crippen LogP) is 4.03. The van der Waals surface area contributed by atoms with Gasteiger partial charge in [0, 0.05) is 16.9 Å². The van der Waals surface area contributed by atoms with Crippen LogP contribution in [0.4, 0.5) is 0 Å². The summed E-state index contributed by atoms with van der Waals surface area (Å²) in [5.41, 5.74) is 1.11. The minimum absolute atomic E-state index is 0.250. The van der Waals surface area contributed by atoms with Crippen molar-refractivity contribution in [2.75, 3.05) is 6.61 Å². The summed E-state index contributed by atoms with van der Waals surface area (Å²) >= 11 is 3.52. The third-order valence-corrected chi connectivity index (χ3v) is 4.68. The minimum Gasteiger partial charge on any atom is -0.371 e. The summed E-state index contributed by atoms with van der Waals surface area (Å²) in [7, 11) is 0. The van der Waals surface area contributed by atoms with E-state index < -0.39 is 0 Å². The molecule has 2 aromatic heterocycles. The van der Waals surface area contributed by atoms with Gasteiger partial charge in [-0.05, 0) is 31.9 Å². The first-order valence-electron chi connectivity index (χ1n) is 5.47. The van der Waals surface area contributed by atoms with Crippen molar-refractivity contribution in [3.8, 4) is 10.6 Å². The van der Waals surface area contributed by atoms with E-state index >= 15 is 0 Å². The van der Waals surface area contributed by atoms with Crippen molar-refractivity contribution in [2.45, 2.75) is 25.9 Å². The Morgan fingerprint density at radius 3 is 3.06 bits per heavy atom. The maximum atomic E-state index is 5.64. The van der Waals surface area contributed by atoms with Crippen molar-refractivity contribution in [3.05, 3.63) is 27.4 Å². The van der Waals surface area contributed by atoms with E-state index in [1.165, 1.54) is 9.75 Å². The number of hydrogen-bond acceptors (Lipinski definition) is 4. The first kappa shape index (κ1) is 10.4. The van der Waals surface area contributed by atoms with Crippen molar-refractivity contribution in [1.29, 1.82) is 0 Å². The van der Waals surface area contributed by atoms with Crippen LogP contribution in [0.3, 0.4) is 0 Å². The molecule has 4 heteroatoms. The molecule has 84 valence electrons. The molecule has 1 aliphatic rings. The number of thiazole rings is 1. The second kappa shape index (κ2) is 4.28. The average Bonchev–Trinajstić information content (AvgIpc) is 2.97. The fourth-order valence-electron chi connectivity index (χ4n) is 1.89. The van der Waals surface area contributed by atoms with Crippen molar-refractivity contribution in [2.24, 2.45) is 0 Å². The number of nitrogens with zero attached hydrogens (tertiary/aromatic N) is 1. The van der Waals surface area contributed by atoms with Crippen molar-refractivity contribution in [1.82, 2.24) is 4.98 Å². The van der Waals surface area contributed by atoms with E-state index in [9.17, 15) is 0 Å². The normalized spacial score (nSPS) is 20.4. The van der Waals surface area contributed by atoms with E-state index in [-0.39, 0.29) is 6.10 Å². The van der Waals surface area contributed by atoms with E-state index in [1.807, 2.05) is 0 Å². The monoisotopic (exact) mass is 251 g/mol. The Balaban J connectivity index is 1.87. The summed E-state index contributed by atoms with van der Waals surface area (Å²) in [6, 6.07) is 4.29. The Morgan fingerprint density at radius 2 is 2.38 bits per heavy atom. The zero-order chi connectivity index (χ0) is 11.0. The number of thiophene rings is 1. The average molecular weight is 251 g/mol. The fourth-order valence-corrected chi connectivity index (χ4v) is 3.70. The predicted molar refractivity (Wildman–Crippen MR) is 68.1 cm³/mol. The topological polar surface area (TPSA) is 22.1 Å². The molecule has 1 saturated heterocycles. The molecule has 1 fully saturated rings. The third-order valence-electron chi connectivity index (χ3n) is 2.72. The van der Waals surface area contributed by atoms with Crippen LogP contribution in [-0.4, -0.2) is 11.6 Å². The van der Waals surface area contributed by atoms with Gasteiger partial charge in [-0.15, -0.1) is 22.7 Å². The van der Waals surface area contributed by atoms with Gasteiger partial charge < -0.3 is 4.74 Å². The molecule has 0 unspecified atom stereocenters. The Hall–Kier alpha value is -0.710.